The first-order valence-corrected chi connectivity index (χ1v) is 6.58. The molecule has 1 aliphatic heterocycles. The molecule has 3 heterocycles. The normalized spacial score (nSPS) is 18.5. The number of rotatable bonds is 3. The van der Waals surface area contributed by atoms with Crippen LogP contribution in [-0.4, -0.2) is 52.0 Å². The minimum Gasteiger partial charge on any atom is -0.357 e. The number of hydrogen-bond acceptors (Lipinski definition) is 6. The average Bonchev–Trinajstić information content (AvgIpc) is 3.05. The highest BCUT2D eigenvalue weighted by atomic mass is 16.1. The topological polar surface area (TPSA) is 98.8 Å². The van der Waals surface area contributed by atoms with E-state index in [1.807, 2.05) is 0 Å². The molecule has 1 unspecified atom stereocenters. The number of anilines is 2. The number of nitrogens with one attached hydrogen (secondary N) is 3. The lowest BCUT2D eigenvalue weighted by Gasteiger charge is -2.18. The number of fused-ring (bicyclic) bond motifs is 1. The maximum absolute atomic E-state index is 11.1. The molecule has 0 spiro atoms. The third-order valence-corrected chi connectivity index (χ3v) is 3.39. The zero-order valence-corrected chi connectivity index (χ0v) is 11.5. The van der Waals surface area contributed by atoms with Crippen LogP contribution in [0.3, 0.4) is 0 Å². The molecule has 1 fully saturated rings. The molecule has 0 aliphatic carbocycles. The molecule has 1 atom stereocenters. The second-order valence-corrected chi connectivity index (χ2v) is 4.85. The Labute approximate surface area is 116 Å². The molecule has 0 saturated carbocycles. The Morgan fingerprint density at radius 3 is 3.10 bits per heavy atom. The minimum atomic E-state index is 0.00198. The molecule has 1 aliphatic rings. The maximum Gasteiger partial charge on any atom is 0.226 e. The van der Waals surface area contributed by atoms with Gasteiger partial charge in [-0.2, -0.15) is 9.97 Å². The zero-order chi connectivity index (χ0) is 14.1. The van der Waals surface area contributed by atoms with Gasteiger partial charge < -0.3 is 20.5 Å². The summed E-state index contributed by atoms with van der Waals surface area (Å²) in [5, 5.41) is 5.89. The van der Waals surface area contributed by atoms with E-state index in [9.17, 15) is 4.79 Å². The Hall–Kier alpha value is -2.38. The molecule has 0 bridgehead atoms. The molecule has 3 N–H and O–H groups in total. The van der Waals surface area contributed by atoms with Gasteiger partial charge in [0.25, 0.3) is 0 Å². The average molecular weight is 275 g/mol. The van der Waals surface area contributed by atoms with Crippen molar-refractivity contribution in [1.29, 1.82) is 0 Å². The third-order valence-electron chi connectivity index (χ3n) is 3.39. The Morgan fingerprint density at radius 2 is 2.35 bits per heavy atom. The molecule has 8 heteroatoms. The van der Waals surface area contributed by atoms with Crippen LogP contribution in [0.4, 0.5) is 11.8 Å². The highest BCUT2D eigenvalue weighted by molar-refractivity contribution is 5.84. The smallest absolute Gasteiger partial charge is 0.226 e. The van der Waals surface area contributed by atoms with Crippen molar-refractivity contribution in [2.75, 3.05) is 30.4 Å². The van der Waals surface area contributed by atoms with E-state index in [-0.39, 0.29) is 11.9 Å². The van der Waals surface area contributed by atoms with Gasteiger partial charge in [0.1, 0.15) is 5.52 Å². The summed E-state index contributed by atoms with van der Waals surface area (Å²) in [6.07, 6.45) is 2.53. The van der Waals surface area contributed by atoms with Crippen molar-refractivity contribution < 1.29 is 4.79 Å². The fraction of sp³-hybridized carbons (Fsp3) is 0.500. The first kappa shape index (κ1) is 12.6. The summed E-state index contributed by atoms with van der Waals surface area (Å²) in [4.78, 5) is 29.3. The summed E-state index contributed by atoms with van der Waals surface area (Å²) < 4.78 is 0. The highest BCUT2D eigenvalue weighted by Crippen LogP contribution is 2.25. The monoisotopic (exact) mass is 275 g/mol. The van der Waals surface area contributed by atoms with Crippen LogP contribution in [0.25, 0.3) is 11.2 Å². The van der Waals surface area contributed by atoms with Crippen molar-refractivity contribution in [3.05, 3.63) is 6.33 Å². The van der Waals surface area contributed by atoms with Gasteiger partial charge in [0.05, 0.1) is 6.33 Å². The standard InChI is InChI=1S/C12H17N7O/c1-7(20)16-8-3-4-19(5-8)11-9-10(15-6-14-9)17-12(13-2)18-11/h6,8H,3-5H2,1-2H3,(H,16,20)(H2,13,14,15,17,18). The number of H-pyrrole nitrogens is 1. The number of nitrogens with zero attached hydrogens (tertiary/aromatic N) is 4. The van der Waals surface area contributed by atoms with Crippen molar-refractivity contribution in [1.82, 2.24) is 25.3 Å². The van der Waals surface area contributed by atoms with Gasteiger partial charge in [-0.15, -0.1) is 0 Å². The lowest BCUT2D eigenvalue weighted by atomic mass is 10.3. The minimum absolute atomic E-state index is 0.00198. The molecular formula is C12H17N7O. The molecule has 20 heavy (non-hydrogen) atoms. The predicted molar refractivity (Wildman–Crippen MR) is 75.7 cm³/mol. The number of aromatic nitrogens is 4. The maximum atomic E-state index is 11.1. The van der Waals surface area contributed by atoms with E-state index in [4.69, 9.17) is 0 Å². The fourth-order valence-electron chi connectivity index (χ4n) is 2.52. The number of carbonyl (C=O) groups is 1. The summed E-state index contributed by atoms with van der Waals surface area (Å²) in [7, 11) is 1.78. The van der Waals surface area contributed by atoms with E-state index in [2.05, 4.69) is 35.5 Å². The van der Waals surface area contributed by atoms with E-state index in [1.54, 1.807) is 20.3 Å². The molecule has 8 nitrogen and oxygen atoms in total. The summed E-state index contributed by atoms with van der Waals surface area (Å²) in [6, 6.07) is 0.165. The van der Waals surface area contributed by atoms with Crippen LogP contribution in [0, 0.1) is 0 Å². The number of aromatic amines is 1. The van der Waals surface area contributed by atoms with Crippen LogP contribution in [0.2, 0.25) is 0 Å². The Morgan fingerprint density at radius 1 is 1.50 bits per heavy atom. The van der Waals surface area contributed by atoms with E-state index in [1.165, 1.54) is 0 Å². The van der Waals surface area contributed by atoms with Crippen LogP contribution >= 0.6 is 0 Å². The number of imidazole rings is 1. The Bertz CT molecular complexity index is 638. The Balaban J connectivity index is 1.90. The summed E-state index contributed by atoms with van der Waals surface area (Å²) >= 11 is 0. The van der Waals surface area contributed by atoms with Gasteiger partial charge in [-0.05, 0) is 6.42 Å². The van der Waals surface area contributed by atoms with Crippen molar-refractivity contribution in [3.8, 4) is 0 Å². The number of carbonyl (C=O) groups excluding carboxylic acids is 1. The van der Waals surface area contributed by atoms with Crippen molar-refractivity contribution in [3.63, 3.8) is 0 Å². The quantitative estimate of drug-likeness (QED) is 0.735. The Kier molecular flexibility index (Phi) is 3.13. The van der Waals surface area contributed by atoms with E-state index in [0.29, 0.717) is 11.6 Å². The second-order valence-electron chi connectivity index (χ2n) is 4.85. The first-order valence-electron chi connectivity index (χ1n) is 6.58. The van der Waals surface area contributed by atoms with E-state index >= 15 is 0 Å². The van der Waals surface area contributed by atoms with Gasteiger partial charge in [0, 0.05) is 33.1 Å². The fourth-order valence-corrected chi connectivity index (χ4v) is 2.52. The van der Waals surface area contributed by atoms with E-state index < -0.39 is 0 Å². The van der Waals surface area contributed by atoms with Gasteiger partial charge in [0.15, 0.2) is 11.5 Å². The molecule has 1 amide bonds. The van der Waals surface area contributed by atoms with Gasteiger partial charge >= 0.3 is 0 Å². The largest absolute Gasteiger partial charge is 0.357 e. The molecule has 0 aromatic carbocycles. The molecule has 0 radical (unpaired) electrons. The SMILES string of the molecule is CNc1nc(N2CCC(NC(C)=O)C2)c2[nH]cnc2n1. The lowest BCUT2D eigenvalue weighted by Crippen LogP contribution is -2.35. The van der Waals surface area contributed by atoms with Crippen molar-refractivity contribution in [2.24, 2.45) is 0 Å². The number of hydrogen-bond donors (Lipinski definition) is 3. The van der Waals surface area contributed by atoms with Crippen molar-refractivity contribution in [2.45, 2.75) is 19.4 Å². The van der Waals surface area contributed by atoms with Gasteiger partial charge in [-0.1, -0.05) is 0 Å². The van der Waals surface area contributed by atoms with Crippen LogP contribution in [-0.2, 0) is 4.79 Å². The zero-order valence-electron chi connectivity index (χ0n) is 11.5. The van der Waals surface area contributed by atoms with E-state index in [0.717, 1.165) is 30.8 Å². The van der Waals surface area contributed by atoms with Crippen molar-refractivity contribution >= 4 is 28.8 Å². The van der Waals surface area contributed by atoms with Gasteiger partial charge in [-0.3, -0.25) is 4.79 Å². The molecular weight excluding hydrogens is 258 g/mol. The van der Waals surface area contributed by atoms with Gasteiger partial charge in [0.2, 0.25) is 11.9 Å². The lowest BCUT2D eigenvalue weighted by molar-refractivity contribution is -0.119. The molecule has 2 aromatic heterocycles. The second kappa shape index (κ2) is 4.95. The van der Waals surface area contributed by atoms with Crippen LogP contribution < -0.4 is 15.5 Å². The summed E-state index contributed by atoms with van der Waals surface area (Å²) in [5.41, 5.74) is 1.47. The molecule has 1 saturated heterocycles. The number of amides is 1. The predicted octanol–water partition coefficient (Wildman–Crippen LogP) is 0.109. The van der Waals surface area contributed by atoms with Gasteiger partial charge in [-0.25, -0.2) is 4.98 Å². The summed E-state index contributed by atoms with van der Waals surface area (Å²) in [5.74, 6) is 1.37. The van der Waals surface area contributed by atoms with Crippen LogP contribution in [0.5, 0.6) is 0 Å². The highest BCUT2D eigenvalue weighted by Gasteiger charge is 2.26. The van der Waals surface area contributed by atoms with Crippen LogP contribution in [0.15, 0.2) is 6.33 Å². The first-order chi connectivity index (χ1) is 9.67. The summed E-state index contributed by atoms with van der Waals surface area (Å²) in [6.45, 7) is 3.13. The molecule has 106 valence electrons. The van der Waals surface area contributed by atoms with Crippen LogP contribution in [0.1, 0.15) is 13.3 Å². The molecule has 3 rings (SSSR count). The molecule has 2 aromatic rings. The third kappa shape index (κ3) is 2.24.